The molecule has 3 heterocycles. The zero-order valence-corrected chi connectivity index (χ0v) is 15.0. The average Bonchev–Trinajstić information content (AvgIpc) is 3.36. The second-order valence-electron chi connectivity index (χ2n) is 6.60. The molecule has 28 heavy (non-hydrogen) atoms. The van der Waals surface area contributed by atoms with Gasteiger partial charge in [-0.15, -0.1) is 0 Å². The summed E-state index contributed by atoms with van der Waals surface area (Å²) in [7, 11) is 0. The fourth-order valence-corrected chi connectivity index (χ4v) is 3.41. The fourth-order valence-electron chi connectivity index (χ4n) is 3.41. The molecule has 4 rings (SSSR count). The molecule has 0 radical (unpaired) electrons. The van der Waals surface area contributed by atoms with E-state index in [1.165, 1.54) is 11.0 Å². The first-order valence-electron chi connectivity index (χ1n) is 8.89. The fraction of sp³-hybridized carbons (Fsp3) is 0.263. The van der Waals surface area contributed by atoms with Crippen molar-refractivity contribution in [2.75, 3.05) is 26.2 Å². The maximum absolute atomic E-state index is 12.6. The summed E-state index contributed by atoms with van der Waals surface area (Å²) in [4.78, 5) is 41.5. The molecule has 0 bridgehead atoms. The molecule has 0 atom stereocenters. The number of rotatable bonds is 4. The van der Waals surface area contributed by atoms with Crippen molar-refractivity contribution in [3.8, 4) is 0 Å². The van der Waals surface area contributed by atoms with E-state index in [4.69, 9.17) is 4.42 Å². The molecule has 0 unspecified atom stereocenters. The number of amides is 2. The predicted molar refractivity (Wildman–Crippen MR) is 99.8 cm³/mol. The van der Waals surface area contributed by atoms with Gasteiger partial charge in [0, 0.05) is 43.3 Å². The van der Waals surface area contributed by atoms with Crippen molar-refractivity contribution >= 4 is 28.6 Å². The SMILES string of the molecule is O=C(Cc1c[nH]c2ccccc12)N1CCN(C(=O)c2ccc([N+](=O)[O-])o2)CC1. The molecule has 1 fully saturated rings. The van der Waals surface area contributed by atoms with Gasteiger partial charge in [0.25, 0.3) is 5.91 Å². The van der Waals surface area contributed by atoms with E-state index >= 15 is 0 Å². The lowest BCUT2D eigenvalue weighted by Crippen LogP contribution is -2.50. The van der Waals surface area contributed by atoms with Crippen molar-refractivity contribution in [3.05, 3.63) is 64.0 Å². The smallest absolute Gasteiger partial charge is 0.395 e. The molecule has 2 aromatic heterocycles. The van der Waals surface area contributed by atoms with E-state index < -0.39 is 16.7 Å². The molecule has 1 saturated heterocycles. The Morgan fingerprint density at radius 3 is 2.50 bits per heavy atom. The van der Waals surface area contributed by atoms with Gasteiger partial charge < -0.3 is 19.2 Å². The highest BCUT2D eigenvalue weighted by Gasteiger charge is 2.28. The summed E-state index contributed by atoms with van der Waals surface area (Å²) in [6, 6.07) is 10.3. The van der Waals surface area contributed by atoms with Crippen LogP contribution in [0.1, 0.15) is 16.1 Å². The molecular formula is C19H18N4O5. The number of benzene rings is 1. The highest BCUT2D eigenvalue weighted by Crippen LogP contribution is 2.20. The van der Waals surface area contributed by atoms with Crippen LogP contribution in [-0.4, -0.2) is 57.7 Å². The number of carbonyl (C=O) groups excluding carboxylic acids is 2. The van der Waals surface area contributed by atoms with Crippen LogP contribution in [0.25, 0.3) is 10.9 Å². The number of aromatic nitrogens is 1. The topological polar surface area (TPSA) is 113 Å². The summed E-state index contributed by atoms with van der Waals surface area (Å²) in [5, 5.41) is 11.7. The Hall–Kier alpha value is -3.62. The van der Waals surface area contributed by atoms with Crippen LogP contribution < -0.4 is 0 Å². The Bertz CT molecular complexity index is 1050. The molecule has 3 aromatic rings. The average molecular weight is 382 g/mol. The number of nitrogens with zero attached hydrogens (tertiary/aromatic N) is 3. The lowest BCUT2D eigenvalue weighted by molar-refractivity contribution is -0.402. The summed E-state index contributed by atoms with van der Waals surface area (Å²) in [6.45, 7) is 1.53. The number of hydrogen-bond acceptors (Lipinski definition) is 5. The van der Waals surface area contributed by atoms with Gasteiger partial charge in [-0.1, -0.05) is 18.2 Å². The van der Waals surface area contributed by atoms with Gasteiger partial charge in [0.05, 0.1) is 12.5 Å². The highest BCUT2D eigenvalue weighted by molar-refractivity contribution is 5.92. The third kappa shape index (κ3) is 3.34. The minimum atomic E-state index is -0.682. The summed E-state index contributed by atoms with van der Waals surface area (Å²) in [5.74, 6) is -0.927. The van der Waals surface area contributed by atoms with E-state index in [-0.39, 0.29) is 11.7 Å². The van der Waals surface area contributed by atoms with Gasteiger partial charge in [-0.2, -0.15) is 0 Å². The molecule has 9 nitrogen and oxygen atoms in total. The second kappa shape index (κ2) is 7.18. The third-order valence-corrected chi connectivity index (χ3v) is 4.92. The van der Waals surface area contributed by atoms with Crippen LogP contribution in [0.5, 0.6) is 0 Å². The molecule has 1 aliphatic rings. The van der Waals surface area contributed by atoms with Crippen molar-refractivity contribution in [2.24, 2.45) is 0 Å². The van der Waals surface area contributed by atoms with E-state index in [9.17, 15) is 19.7 Å². The van der Waals surface area contributed by atoms with Gasteiger partial charge in [0.15, 0.2) is 5.76 Å². The molecule has 0 aliphatic carbocycles. The summed E-state index contributed by atoms with van der Waals surface area (Å²) in [6.07, 6.45) is 2.15. The largest absolute Gasteiger partial charge is 0.433 e. The molecule has 1 aliphatic heterocycles. The number of nitrogens with one attached hydrogen (secondary N) is 1. The van der Waals surface area contributed by atoms with Crippen LogP contribution in [0, 0.1) is 10.1 Å². The quantitative estimate of drug-likeness (QED) is 0.549. The lowest BCUT2D eigenvalue weighted by atomic mass is 10.1. The molecule has 1 aromatic carbocycles. The zero-order chi connectivity index (χ0) is 19.7. The first-order valence-corrected chi connectivity index (χ1v) is 8.89. The van der Waals surface area contributed by atoms with Gasteiger partial charge in [0.1, 0.15) is 4.92 Å². The molecular weight excluding hydrogens is 364 g/mol. The molecule has 9 heteroatoms. The minimum Gasteiger partial charge on any atom is -0.395 e. The van der Waals surface area contributed by atoms with Crippen molar-refractivity contribution < 1.29 is 18.9 Å². The van der Waals surface area contributed by atoms with Crippen LogP contribution in [0.3, 0.4) is 0 Å². The Labute approximate surface area is 159 Å². The maximum atomic E-state index is 12.6. The van der Waals surface area contributed by atoms with Gasteiger partial charge in [-0.25, -0.2) is 0 Å². The number of hydrogen-bond donors (Lipinski definition) is 1. The number of fused-ring (bicyclic) bond motifs is 1. The summed E-state index contributed by atoms with van der Waals surface area (Å²) >= 11 is 0. The number of furan rings is 1. The van der Waals surface area contributed by atoms with Crippen LogP contribution in [0.4, 0.5) is 5.88 Å². The molecule has 144 valence electrons. The van der Waals surface area contributed by atoms with Gasteiger partial charge in [0.2, 0.25) is 5.91 Å². The predicted octanol–water partition coefficient (Wildman–Crippen LogP) is 2.20. The van der Waals surface area contributed by atoms with Gasteiger partial charge >= 0.3 is 5.88 Å². The Morgan fingerprint density at radius 1 is 1.07 bits per heavy atom. The first kappa shape index (κ1) is 17.8. The van der Waals surface area contributed by atoms with Crippen molar-refractivity contribution in [1.29, 1.82) is 0 Å². The van der Waals surface area contributed by atoms with Gasteiger partial charge in [-0.05, 0) is 17.7 Å². The molecule has 1 N–H and O–H groups in total. The lowest BCUT2D eigenvalue weighted by Gasteiger charge is -2.34. The monoisotopic (exact) mass is 382 g/mol. The maximum Gasteiger partial charge on any atom is 0.433 e. The van der Waals surface area contributed by atoms with E-state index in [0.717, 1.165) is 22.5 Å². The van der Waals surface area contributed by atoms with Crippen molar-refractivity contribution in [1.82, 2.24) is 14.8 Å². The number of H-pyrrole nitrogens is 1. The second-order valence-corrected chi connectivity index (χ2v) is 6.60. The number of piperazine rings is 1. The number of carbonyl (C=O) groups is 2. The van der Waals surface area contributed by atoms with Crippen LogP contribution in [0.2, 0.25) is 0 Å². The van der Waals surface area contributed by atoms with E-state index in [2.05, 4.69) is 4.98 Å². The molecule has 0 spiro atoms. The number of aromatic amines is 1. The highest BCUT2D eigenvalue weighted by atomic mass is 16.6. The normalized spacial score (nSPS) is 14.4. The van der Waals surface area contributed by atoms with Crippen molar-refractivity contribution in [3.63, 3.8) is 0 Å². The van der Waals surface area contributed by atoms with Gasteiger partial charge in [-0.3, -0.25) is 19.7 Å². The van der Waals surface area contributed by atoms with E-state index in [1.54, 1.807) is 4.90 Å². The Morgan fingerprint density at radius 2 is 1.79 bits per heavy atom. The van der Waals surface area contributed by atoms with E-state index in [1.807, 2.05) is 30.5 Å². The minimum absolute atomic E-state index is 0.00508. The Balaban J connectivity index is 1.36. The summed E-state index contributed by atoms with van der Waals surface area (Å²) in [5.41, 5.74) is 1.94. The number of para-hydroxylation sites is 1. The molecule has 2 amide bonds. The Kier molecular flexibility index (Phi) is 4.56. The molecule has 0 saturated carbocycles. The van der Waals surface area contributed by atoms with Crippen LogP contribution in [-0.2, 0) is 11.2 Å². The zero-order valence-electron chi connectivity index (χ0n) is 15.0. The third-order valence-electron chi connectivity index (χ3n) is 4.92. The van der Waals surface area contributed by atoms with Crippen LogP contribution >= 0.6 is 0 Å². The summed E-state index contributed by atoms with van der Waals surface area (Å²) < 4.78 is 4.97. The van der Waals surface area contributed by atoms with Crippen molar-refractivity contribution in [2.45, 2.75) is 6.42 Å². The van der Waals surface area contributed by atoms with E-state index in [0.29, 0.717) is 32.6 Å². The number of nitro groups is 1. The standard InChI is InChI=1S/C19H18N4O5/c24-17(11-13-12-20-15-4-2-1-3-14(13)15)21-7-9-22(10-8-21)19(25)16-5-6-18(28-16)23(26)27/h1-6,12,20H,7-11H2. The first-order chi connectivity index (χ1) is 13.5. The van der Waals surface area contributed by atoms with Crippen LogP contribution in [0.15, 0.2) is 47.0 Å².